The van der Waals surface area contributed by atoms with Gasteiger partial charge in [-0.3, -0.25) is 9.59 Å². The summed E-state index contributed by atoms with van der Waals surface area (Å²) in [7, 11) is 1.49. The number of hydrogen-bond acceptors (Lipinski definition) is 6. The maximum absolute atomic E-state index is 12.1. The van der Waals surface area contributed by atoms with Crippen LogP contribution in [-0.2, 0) is 11.2 Å². The molecule has 7 heteroatoms. The van der Waals surface area contributed by atoms with Crippen LogP contribution in [0.4, 0.5) is 0 Å². The summed E-state index contributed by atoms with van der Waals surface area (Å²) < 4.78 is 10.8. The van der Waals surface area contributed by atoms with Gasteiger partial charge in [0.25, 0.3) is 5.91 Å². The van der Waals surface area contributed by atoms with E-state index in [0.29, 0.717) is 23.6 Å². The molecule has 3 aromatic rings. The van der Waals surface area contributed by atoms with E-state index < -0.39 is 0 Å². The Kier molecular flexibility index (Phi) is 7.19. The highest BCUT2D eigenvalue weighted by atomic mass is 32.1. The van der Waals surface area contributed by atoms with Crippen LogP contribution in [0.2, 0.25) is 0 Å². The molecule has 0 aliphatic rings. The average Bonchev–Trinajstić information content (AvgIpc) is 3.18. The standard InChI is InChI=1S/C23H24N2O4S/c1-15(26)19-8-9-21(22(12-19)28-3)29-13-23(27)24-11-10-17-4-6-18(7-5-17)20-14-30-16(2)25-20/h4-9,12,14H,10-11,13H2,1-3H3,(H,24,27). The Morgan fingerprint density at radius 3 is 2.50 bits per heavy atom. The molecule has 1 aromatic heterocycles. The SMILES string of the molecule is COc1cc(C(C)=O)ccc1OCC(=O)NCCc1ccc(-c2csc(C)n2)cc1. The minimum atomic E-state index is -0.220. The maximum Gasteiger partial charge on any atom is 0.257 e. The van der Waals surface area contributed by atoms with Crippen LogP contribution in [0.15, 0.2) is 47.8 Å². The van der Waals surface area contributed by atoms with Crippen molar-refractivity contribution >= 4 is 23.0 Å². The number of nitrogens with one attached hydrogen (secondary N) is 1. The predicted molar refractivity (Wildman–Crippen MR) is 117 cm³/mol. The van der Waals surface area contributed by atoms with E-state index in [4.69, 9.17) is 9.47 Å². The molecule has 1 heterocycles. The number of carbonyl (C=O) groups excluding carboxylic acids is 2. The summed E-state index contributed by atoms with van der Waals surface area (Å²) >= 11 is 1.63. The molecule has 0 saturated heterocycles. The van der Waals surface area contributed by atoms with Gasteiger partial charge in [-0.1, -0.05) is 24.3 Å². The van der Waals surface area contributed by atoms with E-state index in [1.807, 2.05) is 36.6 Å². The van der Waals surface area contributed by atoms with Gasteiger partial charge in [0.05, 0.1) is 17.8 Å². The fourth-order valence-electron chi connectivity index (χ4n) is 2.88. The fourth-order valence-corrected chi connectivity index (χ4v) is 3.51. The van der Waals surface area contributed by atoms with Gasteiger partial charge in [-0.15, -0.1) is 11.3 Å². The molecule has 1 amide bonds. The first kappa shape index (κ1) is 21.5. The summed E-state index contributed by atoms with van der Waals surface area (Å²) in [5.74, 6) is 0.561. The number of ketones is 1. The second-order valence-electron chi connectivity index (χ2n) is 6.76. The van der Waals surface area contributed by atoms with Crippen LogP contribution in [-0.4, -0.2) is 36.9 Å². The van der Waals surface area contributed by atoms with E-state index in [2.05, 4.69) is 10.3 Å². The minimum Gasteiger partial charge on any atom is -0.493 e. The van der Waals surface area contributed by atoms with Gasteiger partial charge in [0.1, 0.15) is 0 Å². The highest BCUT2D eigenvalue weighted by Gasteiger charge is 2.10. The molecule has 0 atom stereocenters. The number of methoxy groups -OCH3 is 1. The van der Waals surface area contributed by atoms with Gasteiger partial charge < -0.3 is 14.8 Å². The van der Waals surface area contributed by atoms with Crippen molar-refractivity contribution in [3.05, 3.63) is 64.0 Å². The van der Waals surface area contributed by atoms with Crippen LogP contribution in [0.1, 0.15) is 27.9 Å². The van der Waals surface area contributed by atoms with Crippen molar-refractivity contribution in [3.8, 4) is 22.8 Å². The third-order valence-corrected chi connectivity index (χ3v) is 5.31. The molecule has 0 fully saturated rings. The van der Waals surface area contributed by atoms with Crippen LogP contribution >= 0.6 is 11.3 Å². The highest BCUT2D eigenvalue weighted by molar-refractivity contribution is 7.09. The second kappa shape index (κ2) is 10.0. The lowest BCUT2D eigenvalue weighted by molar-refractivity contribution is -0.123. The summed E-state index contributed by atoms with van der Waals surface area (Å²) in [5.41, 5.74) is 3.74. The number of hydrogen-bond donors (Lipinski definition) is 1. The van der Waals surface area contributed by atoms with Gasteiger partial charge in [-0.2, -0.15) is 0 Å². The zero-order valence-corrected chi connectivity index (χ0v) is 18.0. The number of benzene rings is 2. The monoisotopic (exact) mass is 424 g/mol. The van der Waals surface area contributed by atoms with Crippen molar-refractivity contribution in [2.24, 2.45) is 0 Å². The Morgan fingerprint density at radius 1 is 1.10 bits per heavy atom. The molecule has 0 aliphatic heterocycles. The number of thiazole rings is 1. The van der Waals surface area contributed by atoms with Crippen molar-refractivity contribution in [2.75, 3.05) is 20.3 Å². The third kappa shape index (κ3) is 5.67. The maximum atomic E-state index is 12.1. The first-order chi connectivity index (χ1) is 14.5. The molecule has 30 heavy (non-hydrogen) atoms. The number of aromatic nitrogens is 1. The van der Waals surface area contributed by atoms with E-state index in [-0.39, 0.29) is 18.3 Å². The number of rotatable bonds is 9. The summed E-state index contributed by atoms with van der Waals surface area (Å²) in [5, 5.41) is 5.95. The van der Waals surface area contributed by atoms with Crippen LogP contribution in [0, 0.1) is 6.92 Å². The molecule has 0 saturated carbocycles. The van der Waals surface area contributed by atoms with Crippen molar-refractivity contribution in [3.63, 3.8) is 0 Å². The molecule has 156 valence electrons. The smallest absolute Gasteiger partial charge is 0.257 e. The molecule has 0 unspecified atom stereocenters. The van der Waals surface area contributed by atoms with E-state index >= 15 is 0 Å². The Morgan fingerprint density at radius 2 is 1.87 bits per heavy atom. The molecular weight excluding hydrogens is 400 g/mol. The van der Waals surface area contributed by atoms with E-state index in [1.54, 1.807) is 29.5 Å². The molecule has 2 aromatic carbocycles. The second-order valence-corrected chi connectivity index (χ2v) is 7.82. The Hall–Kier alpha value is -3.19. The summed E-state index contributed by atoms with van der Waals surface area (Å²) in [6.07, 6.45) is 0.721. The number of nitrogens with zero attached hydrogens (tertiary/aromatic N) is 1. The summed E-state index contributed by atoms with van der Waals surface area (Å²) in [6.45, 7) is 3.86. The highest BCUT2D eigenvalue weighted by Crippen LogP contribution is 2.28. The average molecular weight is 425 g/mol. The number of Topliss-reactive ketones (excluding diaryl/α,β-unsaturated/α-hetero) is 1. The van der Waals surface area contributed by atoms with Crippen LogP contribution < -0.4 is 14.8 Å². The van der Waals surface area contributed by atoms with E-state index in [0.717, 1.165) is 28.2 Å². The fraction of sp³-hybridized carbons (Fsp3) is 0.261. The zero-order valence-electron chi connectivity index (χ0n) is 17.2. The Labute approximate surface area is 179 Å². The van der Waals surface area contributed by atoms with Gasteiger partial charge in [-0.05, 0) is 44.0 Å². The molecule has 0 bridgehead atoms. The molecule has 0 spiro atoms. The molecule has 0 aliphatic carbocycles. The molecule has 3 rings (SSSR count). The van der Waals surface area contributed by atoms with Gasteiger partial charge in [-0.25, -0.2) is 4.98 Å². The minimum absolute atomic E-state index is 0.0627. The van der Waals surface area contributed by atoms with Crippen molar-refractivity contribution in [1.82, 2.24) is 10.3 Å². The lowest BCUT2D eigenvalue weighted by Gasteiger charge is -2.12. The van der Waals surface area contributed by atoms with E-state index in [9.17, 15) is 9.59 Å². The summed E-state index contributed by atoms with van der Waals surface area (Å²) in [6, 6.07) is 13.1. The molecule has 6 nitrogen and oxygen atoms in total. The van der Waals surface area contributed by atoms with Gasteiger partial charge in [0.2, 0.25) is 0 Å². The van der Waals surface area contributed by atoms with Crippen molar-refractivity contribution in [2.45, 2.75) is 20.3 Å². The number of ether oxygens (including phenoxy) is 2. The van der Waals surface area contributed by atoms with Crippen LogP contribution in [0.3, 0.4) is 0 Å². The number of amides is 1. The lowest BCUT2D eigenvalue weighted by Crippen LogP contribution is -2.30. The lowest BCUT2D eigenvalue weighted by atomic mass is 10.1. The molecular formula is C23H24N2O4S. The van der Waals surface area contributed by atoms with Gasteiger partial charge in [0, 0.05) is 23.1 Å². The Bertz CT molecular complexity index is 1030. The number of aryl methyl sites for hydroxylation is 1. The first-order valence-corrected chi connectivity index (χ1v) is 10.4. The van der Waals surface area contributed by atoms with Crippen LogP contribution in [0.5, 0.6) is 11.5 Å². The van der Waals surface area contributed by atoms with Gasteiger partial charge >= 0.3 is 0 Å². The predicted octanol–water partition coefficient (Wildman–Crippen LogP) is 4.07. The molecule has 1 N–H and O–H groups in total. The molecule has 0 radical (unpaired) electrons. The number of carbonyl (C=O) groups is 2. The Balaban J connectivity index is 1.45. The van der Waals surface area contributed by atoms with Crippen LogP contribution in [0.25, 0.3) is 11.3 Å². The van der Waals surface area contributed by atoms with Gasteiger partial charge in [0.15, 0.2) is 23.9 Å². The quantitative estimate of drug-likeness (QED) is 0.524. The topological polar surface area (TPSA) is 77.5 Å². The largest absolute Gasteiger partial charge is 0.493 e. The first-order valence-electron chi connectivity index (χ1n) is 9.56. The van der Waals surface area contributed by atoms with Crippen molar-refractivity contribution in [1.29, 1.82) is 0 Å². The van der Waals surface area contributed by atoms with Crippen molar-refractivity contribution < 1.29 is 19.1 Å². The zero-order chi connectivity index (χ0) is 21.5. The normalized spacial score (nSPS) is 10.5. The third-order valence-electron chi connectivity index (χ3n) is 4.53. The summed E-state index contributed by atoms with van der Waals surface area (Å²) in [4.78, 5) is 28.0. The van der Waals surface area contributed by atoms with E-state index in [1.165, 1.54) is 14.0 Å².